The van der Waals surface area contributed by atoms with Crippen molar-refractivity contribution in [3.05, 3.63) is 35.4 Å². The average molecular weight is 230 g/mol. The van der Waals surface area contributed by atoms with Gasteiger partial charge in [0, 0.05) is 12.0 Å². The van der Waals surface area contributed by atoms with Crippen molar-refractivity contribution >= 4 is 5.78 Å². The third-order valence-electron chi connectivity index (χ3n) is 4.04. The van der Waals surface area contributed by atoms with Gasteiger partial charge in [-0.05, 0) is 36.2 Å². The maximum atomic E-state index is 11.9. The summed E-state index contributed by atoms with van der Waals surface area (Å²) in [5, 5.41) is 0. The standard InChI is InChI=1S/C16H22O/c1-4-16(2,3)14-9-7-13(8-10-14)15(17)11-12-5-6-12/h7-10,12H,4-6,11H2,1-3H3. The molecule has 0 atom stereocenters. The van der Waals surface area contributed by atoms with Crippen molar-refractivity contribution in [1.29, 1.82) is 0 Å². The van der Waals surface area contributed by atoms with E-state index in [2.05, 4.69) is 32.9 Å². The molecule has 92 valence electrons. The van der Waals surface area contributed by atoms with Crippen molar-refractivity contribution < 1.29 is 4.79 Å². The van der Waals surface area contributed by atoms with Crippen molar-refractivity contribution in [1.82, 2.24) is 0 Å². The molecule has 0 saturated heterocycles. The Morgan fingerprint density at radius 2 is 1.82 bits per heavy atom. The van der Waals surface area contributed by atoms with Crippen molar-refractivity contribution in [2.75, 3.05) is 0 Å². The van der Waals surface area contributed by atoms with E-state index in [4.69, 9.17) is 0 Å². The lowest BCUT2D eigenvalue weighted by molar-refractivity contribution is 0.0976. The molecule has 0 N–H and O–H groups in total. The van der Waals surface area contributed by atoms with Crippen molar-refractivity contribution in [3.8, 4) is 0 Å². The molecule has 1 nitrogen and oxygen atoms in total. The topological polar surface area (TPSA) is 17.1 Å². The highest BCUT2D eigenvalue weighted by Gasteiger charge is 2.25. The third-order valence-corrected chi connectivity index (χ3v) is 4.04. The molecular formula is C16H22O. The summed E-state index contributed by atoms with van der Waals surface area (Å²) in [5.41, 5.74) is 2.41. The maximum absolute atomic E-state index is 11.9. The summed E-state index contributed by atoms with van der Waals surface area (Å²) in [6, 6.07) is 8.22. The van der Waals surface area contributed by atoms with E-state index in [0.717, 1.165) is 18.4 Å². The monoisotopic (exact) mass is 230 g/mol. The van der Waals surface area contributed by atoms with E-state index in [1.165, 1.54) is 18.4 Å². The van der Waals surface area contributed by atoms with Gasteiger partial charge in [0.15, 0.2) is 5.78 Å². The Hall–Kier alpha value is -1.11. The number of carbonyl (C=O) groups is 1. The highest BCUT2D eigenvalue weighted by atomic mass is 16.1. The molecule has 0 unspecified atom stereocenters. The fraction of sp³-hybridized carbons (Fsp3) is 0.562. The Kier molecular flexibility index (Phi) is 3.37. The average Bonchev–Trinajstić information content (AvgIpc) is 3.13. The largest absolute Gasteiger partial charge is 0.294 e. The van der Waals surface area contributed by atoms with Crippen LogP contribution in [0.5, 0.6) is 0 Å². The van der Waals surface area contributed by atoms with Crippen LogP contribution in [-0.4, -0.2) is 5.78 Å². The first-order valence-corrected chi connectivity index (χ1v) is 6.66. The van der Waals surface area contributed by atoms with Gasteiger partial charge >= 0.3 is 0 Å². The van der Waals surface area contributed by atoms with E-state index >= 15 is 0 Å². The van der Waals surface area contributed by atoms with E-state index < -0.39 is 0 Å². The molecule has 1 aliphatic rings. The lowest BCUT2D eigenvalue weighted by atomic mass is 9.82. The molecular weight excluding hydrogens is 208 g/mol. The molecule has 1 saturated carbocycles. The molecule has 1 aromatic carbocycles. The summed E-state index contributed by atoms with van der Waals surface area (Å²) in [4.78, 5) is 11.9. The first-order valence-electron chi connectivity index (χ1n) is 6.66. The Morgan fingerprint density at radius 3 is 2.29 bits per heavy atom. The second-order valence-electron chi connectivity index (χ2n) is 5.89. The van der Waals surface area contributed by atoms with Gasteiger partial charge in [-0.25, -0.2) is 0 Å². The van der Waals surface area contributed by atoms with Crippen LogP contribution in [0.1, 0.15) is 62.4 Å². The highest BCUT2D eigenvalue weighted by Crippen LogP contribution is 2.34. The Balaban J connectivity index is 2.09. The van der Waals surface area contributed by atoms with Gasteiger partial charge in [0.1, 0.15) is 0 Å². The molecule has 1 fully saturated rings. The number of hydrogen-bond donors (Lipinski definition) is 0. The predicted octanol–water partition coefficient (Wildman–Crippen LogP) is 4.36. The van der Waals surface area contributed by atoms with E-state index in [-0.39, 0.29) is 5.41 Å². The minimum Gasteiger partial charge on any atom is -0.294 e. The van der Waals surface area contributed by atoms with Crippen LogP contribution in [0, 0.1) is 5.92 Å². The van der Waals surface area contributed by atoms with Crippen molar-refractivity contribution in [3.63, 3.8) is 0 Å². The fourth-order valence-electron chi connectivity index (χ4n) is 2.01. The van der Waals surface area contributed by atoms with Crippen LogP contribution in [0.2, 0.25) is 0 Å². The molecule has 0 heterocycles. The van der Waals surface area contributed by atoms with Gasteiger partial charge in [-0.3, -0.25) is 4.79 Å². The van der Waals surface area contributed by atoms with Gasteiger partial charge in [0.05, 0.1) is 0 Å². The van der Waals surface area contributed by atoms with Crippen molar-refractivity contribution in [2.45, 2.75) is 51.9 Å². The van der Waals surface area contributed by atoms with Crippen LogP contribution >= 0.6 is 0 Å². The van der Waals surface area contributed by atoms with Gasteiger partial charge in [0.25, 0.3) is 0 Å². The molecule has 1 aliphatic carbocycles. The summed E-state index contributed by atoms with van der Waals surface area (Å²) in [6.45, 7) is 6.69. The lowest BCUT2D eigenvalue weighted by Gasteiger charge is -2.23. The fourth-order valence-corrected chi connectivity index (χ4v) is 2.01. The van der Waals surface area contributed by atoms with Gasteiger partial charge in [0.2, 0.25) is 0 Å². The first kappa shape index (κ1) is 12.3. The smallest absolute Gasteiger partial charge is 0.163 e. The number of benzene rings is 1. The summed E-state index contributed by atoms with van der Waals surface area (Å²) >= 11 is 0. The molecule has 0 bridgehead atoms. The Morgan fingerprint density at radius 1 is 1.24 bits per heavy atom. The summed E-state index contributed by atoms with van der Waals surface area (Å²) < 4.78 is 0. The lowest BCUT2D eigenvalue weighted by Crippen LogP contribution is -2.15. The number of hydrogen-bond acceptors (Lipinski definition) is 1. The van der Waals surface area contributed by atoms with E-state index in [9.17, 15) is 4.79 Å². The summed E-state index contributed by atoms with van der Waals surface area (Å²) in [7, 11) is 0. The third kappa shape index (κ3) is 2.96. The van der Waals surface area contributed by atoms with E-state index in [1.807, 2.05) is 12.1 Å². The van der Waals surface area contributed by atoms with Crippen LogP contribution < -0.4 is 0 Å². The van der Waals surface area contributed by atoms with Crippen LogP contribution in [0.15, 0.2) is 24.3 Å². The number of rotatable bonds is 5. The molecule has 1 aromatic rings. The van der Waals surface area contributed by atoms with Crippen LogP contribution in [0.4, 0.5) is 0 Å². The molecule has 0 aliphatic heterocycles. The predicted molar refractivity (Wildman–Crippen MR) is 71.4 cm³/mol. The first-order chi connectivity index (χ1) is 8.03. The molecule has 0 amide bonds. The van der Waals surface area contributed by atoms with Crippen LogP contribution in [0.3, 0.4) is 0 Å². The van der Waals surface area contributed by atoms with Crippen molar-refractivity contribution in [2.24, 2.45) is 5.92 Å². The van der Waals surface area contributed by atoms with E-state index in [1.54, 1.807) is 0 Å². The van der Waals surface area contributed by atoms with E-state index in [0.29, 0.717) is 11.7 Å². The maximum Gasteiger partial charge on any atom is 0.163 e. The zero-order chi connectivity index (χ0) is 12.5. The molecule has 2 rings (SSSR count). The second kappa shape index (κ2) is 4.64. The minimum atomic E-state index is 0.206. The molecule has 0 radical (unpaired) electrons. The number of Topliss-reactive ketones (excluding diaryl/α,β-unsaturated/α-hetero) is 1. The molecule has 0 aromatic heterocycles. The van der Waals surface area contributed by atoms with Crippen LogP contribution in [0.25, 0.3) is 0 Å². The minimum absolute atomic E-state index is 0.206. The Labute approximate surface area is 104 Å². The summed E-state index contributed by atoms with van der Waals surface area (Å²) in [6.07, 6.45) is 4.35. The quantitative estimate of drug-likeness (QED) is 0.687. The zero-order valence-electron chi connectivity index (χ0n) is 11.1. The number of carbonyl (C=O) groups excluding carboxylic acids is 1. The van der Waals surface area contributed by atoms with Gasteiger partial charge < -0.3 is 0 Å². The number of ketones is 1. The normalized spacial score (nSPS) is 15.9. The van der Waals surface area contributed by atoms with Crippen LogP contribution in [-0.2, 0) is 5.41 Å². The summed E-state index contributed by atoms with van der Waals surface area (Å²) in [5.74, 6) is 0.989. The second-order valence-corrected chi connectivity index (χ2v) is 5.89. The zero-order valence-corrected chi connectivity index (χ0v) is 11.1. The Bertz CT molecular complexity index is 396. The molecule has 0 spiro atoms. The highest BCUT2D eigenvalue weighted by molar-refractivity contribution is 5.96. The SMILES string of the molecule is CCC(C)(C)c1ccc(C(=O)CC2CC2)cc1. The molecule has 17 heavy (non-hydrogen) atoms. The van der Waals surface area contributed by atoms with Gasteiger partial charge in [-0.15, -0.1) is 0 Å². The van der Waals surface area contributed by atoms with Gasteiger partial charge in [-0.1, -0.05) is 45.0 Å². The molecule has 1 heteroatoms. The van der Waals surface area contributed by atoms with Gasteiger partial charge in [-0.2, -0.15) is 0 Å².